The standard InChI is InChI=1S/C28H53NO6/c1-29-27(31)25-35-24-23-34-22-18-20-26(30)19-16-14-12-10-8-6-4-2-3-5-7-9-11-13-15-17-21-28(32)33/h2-25H2,1H3,(H,29,31)(H,32,33). The van der Waals surface area contributed by atoms with Crippen LogP contribution in [-0.2, 0) is 23.9 Å². The molecule has 0 fully saturated rings. The molecule has 0 saturated heterocycles. The van der Waals surface area contributed by atoms with E-state index >= 15 is 0 Å². The maximum absolute atomic E-state index is 11.9. The molecule has 2 N–H and O–H groups in total. The Kier molecular flexibility index (Phi) is 26.0. The van der Waals surface area contributed by atoms with Crippen molar-refractivity contribution in [3.05, 3.63) is 0 Å². The minimum absolute atomic E-state index is 0.0557. The molecule has 0 aromatic heterocycles. The Morgan fingerprint density at radius 3 is 1.40 bits per heavy atom. The molecule has 0 aromatic rings. The summed E-state index contributed by atoms with van der Waals surface area (Å²) in [4.78, 5) is 33.3. The van der Waals surface area contributed by atoms with Crippen molar-refractivity contribution in [2.75, 3.05) is 33.5 Å². The van der Waals surface area contributed by atoms with Gasteiger partial charge in [0.15, 0.2) is 0 Å². The summed E-state index contributed by atoms with van der Waals surface area (Å²) in [6, 6.07) is 0. The van der Waals surface area contributed by atoms with Gasteiger partial charge in [0.25, 0.3) is 0 Å². The molecular formula is C28H53NO6. The van der Waals surface area contributed by atoms with E-state index < -0.39 is 5.97 Å². The fourth-order valence-corrected chi connectivity index (χ4v) is 4.03. The molecule has 0 saturated carbocycles. The van der Waals surface area contributed by atoms with Gasteiger partial charge in [-0.1, -0.05) is 89.9 Å². The van der Waals surface area contributed by atoms with Crippen LogP contribution in [0.1, 0.15) is 128 Å². The summed E-state index contributed by atoms with van der Waals surface area (Å²) in [5.74, 6) is -0.483. The second-order valence-corrected chi connectivity index (χ2v) is 9.53. The minimum Gasteiger partial charge on any atom is -0.481 e. The minimum atomic E-state index is -0.674. The molecule has 0 aliphatic carbocycles. The third kappa shape index (κ3) is 28.7. The highest BCUT2D eigenvalue weighted by atomic mass is 16.5. The maximum atomic E-state index is 11.9. The Hall–Kier alpha value is -1.47. The van der Waals surface area contributed by atoms with E-state index in [-0.39, 0.29) is 12.5 Å². The fourth-order valence-electron chi connectivity index (χ4n) is 4.03. The van der Waals surface area contributed by atoms with Crippen molar-refractivity contribution in [1.29, 1.82) is 0 Å². The van der Waals surface area contributed by atoms with Crippen molar-refractivity contribution >= 4 is 17.7 Å². The Morgan fingerprint density at radius 2 is 0.943 bits per heavy atom. The van der Waals surface area contributed by atoms with Crippen LogP contribution in [0.4, 0.5) is 0 Å². The lowest BCUT2D eigenvalue weighted by atomic mass is 10.0. The lowest BCUT2D eigenvalue weighted by molar-refractivity contribution is -0.137. The number of hydrogen-bond donors (Lipinski definition) is 2. The fraction of sp³-hybridized carbons (Fsp3) is 0.893. The predicted octanol–water partition coefficient (Wildman–Crippen LogP) is 6.22. The maximum Gasteiger partial charge on any atom is 0.303 e. The van der Waals surface area contributed by atoms with Gasteiger partial charge in [0, 0.05) is 32.9 Å². The molecule has 0 radical (unpaired) electrons. The molecule has 0 heterocycles. The van der Waals surface area contributed by atoms with Crippen molar-refractivity contribution in [2.24, 2.45) is 0 Å². The number of Topliss-reactive ketones (excluding diaryl/α,β-unsaturated/α-hetero) is 1. The lowest BCUT2D eigenvalue weighted by Crippen LogP contribution is -2.24. The molecule has 0 atom stereocenters. The van der Waals surface area contributed by atoms with Gasteiger partial charge in [-0.05, 0) is 19.3 Å². The summed E-state index contributed by atoms with van der Waals surface area (Å²) in [6.07, 6.45) is 22.0. The Bertz CT molecular complexity index is 512. The first kappa shape index (κ1) is 33.5. The summed E-state index contributed by atoms with van der Waals surface area (Å²) in [5, 5.41) is 11.1. The number of rotatable bonds is 28. The first-order valence-corrected chi connectivity index (χ1v) is 14.2. The number of carboxylic acid groups (broad SMARTS) is 1. The van der Waals surface area contributed by atoms with Gasteiger partial charge in [-0.2, -0.15) is 0 Å². The SMILES string of the molecule is CNC(=O)COCCOCCCC(=O)CCCCCCCCCCCCCCCCCCC(=O)O. The van der Waals surface area contributed by atoms with Gasteiger partial charge < -0.3 is 19.9 Å². The molecule has 206 valence electrons. The zero-order valence-electron chi connectivity index (χ0n) is 22.5. The van der Waals surface area contributed by atoms with E-state index in [2.05, 4.69) is 5.32 Å². The van der Waals surface area contributed by atoms with Crippen molar-refractivity contribution in [1.82, 2.24) is 5.32 Å². The van der Waals surface area contributed by atoms with Crippen LogP contribution in [0.25, 0.3) is 0 Å². The number of hydrogen-bond acceptors (Lipinski definition) is 5. The summed E-state index contributed by atoms with van der Waals surface area (Å²) in [5.41, 5.74) is 0. The van der Waals surface area contributed by atoms with Crippen LogP contribution >= 0.6 is 0 Å². The van der Waals surface area contributed by atoms with Gasteiger partial charge in [0.1, 0.15) is 12.4 Å². The van der Waals surface area contributed by atoms with Crippen LogP contribution in [0.3, 0.4) is 0 Å². The summed E-state index contributed by atoms with van der Waals surface area (Å²) >= 11 is 0. The molecule has 0 aromatic carbocycles. The van der Waals surface area contributed by atoms with Gasteiger partial charge in [-0.3, -0.25) is 14.4 Å². The van der Waals surface area contributed by atoms with Crippen LogP contribution in [0.5, 0.6) is 0 Å². The normalized spacial score (nSPS) is 11.0. The van der Waals surface area contributed by atoms with E-state index in [0.29, 0.717) is 44.9 Å². The van der Waals surface area contributed by atoms with E-state index in [9.17, 15) is 14.4 Å². The van der Waals surface area contributed by atoms with Gasteiger partial charge >= 0.3 is 5.97 Å². The number of unbranched alkanes of at least 4 members (excludes halogenated alkanes) is 15. The average molecular weight is 500 g/mol. The van der Waals surface area contributed by atoms with Crippen LogP contribution < -0.4 is 5.32 Å². The van der Waals surface area contributed by atoms with Crippen molar-refractivity contribution in [2.45, 2.75) is 128 Å². The quantitative estimate of drug-likeness (QED) is 0.124. The highest BCUT2D eigenvalue weighted by Crippen LogP contribution is 2.14. The zero-order valence-corrected chi connectivity index (χ0v) is 22.5. The Labute approximate surface area is 214 Å². The number of nitrogens with one attached hydrogen (secondary N) is 1. The average Bonchev–Trinajstić information content (AvgIpc) is 2.84. The molecule has 1 amide bonds. The highest BCUT2D eigenvalue weighted by molar-refractivity contribution is 5.78. The molecular weight excluding hydrogens is 446 g/mol. The first-order chi connectivity index (χ1) is 17.1. The number of ether oxygens (including phenoxy) is 2. The third-order valence-corrected chi connectivity index (χ3v) is 6.22. The molecule has 7 nitrogen and oxygen atoms in total. The third-order valence-electron chi connectivity index (χ3n) is 6.22. The lowest BCUT2D eigenvalue weighted by Gasteiger charge is -2.05. The number of carboxylic acids is 1. The molecule has 0 aliphatic rings. The first-order valence-electron chi connectivity index (χ1n) is 14.2. The smallest absolute Gasteiger partial charge is 0.303 e. The summed E-state index contributed by atoms with van der Waals surface area (Å²) < 4.78 is 10.6. The molecule has 0 aliphatic heterocycles. The summed E-state index contributed by atoms with van der Waals surface area (Å²) in [6.45, 7) is 1.46. The van der Waals surface area contributed by atoms with E-state index in [1.165, 1.54) is 77.0 Å². The predicted molar refractivity (Wildman–Crippen MR) is 141 cm³/mol. The van der Waals surface area contributed by atoms with Gasteiger partial charge in [0.2, 0.25) is 5.91 Å². The van der Waals surface area contributed by atoms with Crippen molar-refractivity contribution in [3.63, 3.8) is 0 Å². The van der Waals surface area contributed by atoms with Crippen LogP contribution in [-0.4, -0.2) is 56.2 Å². The van der Waals surface area contributed by atoms with Crippen LogP contribution in [0.2, 0.25) is 0 Å². The van der Waals surface area contributed by atoms with Gasteiger partial charge in [-0.15, -0.1) is 0 Å². The molecule has 0 rings (SSSR count). The van der Waals surface area contributed by atoms with Crippen LogP contribution in [0.15, 0.2) is 0 Å². The molecule has 0 spiro atoms. The zero-order chi connectivity index (χ0) is 25.8. The second-order valence-electron chi connectivity index (χ2n) is 9.53. The number of carbonyl (C=O) groups is 3. The van der Waals surface area contributed by atoms with Crippen molar-refractivity contribution in [3.8, 4) is 0 Å². The molecule has 0 bridgehead atoms. The topological polar surface area (TPSA) is 102 Å². The number of likely N-dealkylation sites (N-methyl/N-ethyl adjacent to an activating group) is 1. The van der Waals surface area contributed by atoms with E-state index in [1.54, 1.807) is 7.05 Å². The van der Waals surface area contributed by atoms with Crippen LogP contribution in [0, 0.1) is 0 Å². The molecule has 35 heavy (non-hydrogen) atoms. The second kappa shape index (κ2) is 27.1. The number of ketones is 1. The number of aliphatic carboxylic acids is 1. The van der Waals surface area contributed by atoms with Gasteiger partial charge in [0.05, 0.1) is 13.2 Å². The number of carbonyl (C=O) groups excluding carboxylic acids is 2. The summed E-state index contributed by atoms with van der Waals surface area (Å²) in [7, 11) is 1.57. The van der Waals surface area contributed by atoms with E-state index in [1.807, 2.05) is 0 Å². The van der Waals surface area contributed by atoms with E-state index in [4.69, 9.17) is 14.6 Å². The number of amides is 1. The largest absolute Gasteiger partial charge is 0.481 e. The monoisotopic (exact) mass is 499 g/mol. The van der Waals surface area contributed by atoms with E-state index in [0.717, 1.165) is 32.1 Å². The molecule has 7 heteroatoms. The van der Waals surface area contributed by atoms with Gasteiger partial charge in [-0.25, -0.2) is 0 Å². The van der Waals surface area contributed by atoms with Crippen molar-refractivity contribution < 1.29 is 29.0 Å². The Balaban J connectivity index is 3.17. The molecule has 0 unspecified atom stereocenters. The Morgan fingerprint density at radius 1 is 0.543 bits per heavy atom. The highest BCUT2D eigenvalue weighted by Gasteiger charge is 2.03.